The number of thioether (sulfide) groups is 1. The number of hydrogen-bond donors (Lipinski definition) is 1. The number of anilines is 1. The van der Waals surface area contributed by atoms with Crippen molar-refractivity contribution in [2.75, 3.05) is 17.7 Å². The second-order valence-corrected chi connectivity index (χ2v) is 6.49. The Bertz CT molecular complexity index is 487. The minimum Gasteiger partial charge on any atom is -0.389 e. The lowest BCUT2D eigenvalue weighted by molar-refractivity contribution is 0.553. The van der Waals surface area contributed by atoms with Crippen LogP contribution in [0.25, 0.3) is 0 Å². The maximum atomic E-state index is 5.95. The van der Waals surface area contributed by atoms with Gasteiger partial charge in [0.15, 0.2) is 0 Å². The fourth-order valence-corrected chi connectivity index (χ4v) is 4.31. The molecule has 3 rings (SSSR count). The third-order valence-electron chi connectivity index (χ3n) is 4.19. The zero-order chi connectivity index (χ0) is 12.7. The van der Waals surface area contributed by atoms with E-state index in [0.29, 0.717) is 11.0 Å². The molecule has 1 aliphatic heterocycles. The van der Waals surface area contributed by atoms with Gasteiger partial charge in [0.2, 0.25) is 0 Å². The molecular weight excluding hydrogens is 260 g/mol. The topological polar surface area (TPSA) is 29.3 Å². The molecular formula is C14H18N2S2. The Morgan fingerprint density at radius 2 is 2.28 bits per heavy atom. The van der Waals surface area contributed by atoms with Crippen LogP contribution in [-0.4, -0.2) is 23.8 Å². The summed E-state index contributed by atoms with van der Waals surface area (Å²) in [6, 6.07) is 7.11. The van der Waals surface area contributed by atoms with Crippen LogP contribution < -0.4 is 10.6 Å². The zero-order valence-electron chi connectivity index (χ0n) is 10.6. The number of hydrogen-bond acceptors (Lipinski definition) is 3. The molecule has 1 aliphatic carbocycles. The van der Waals surface area contributed by atoms with Crippen molar-refractivity contribution in [3.63, 3.8) is 0 Å². The molecule has 2 atom stereocenters. The van der Waals surface area contributed by atoms with Crippen LogP contribution in [0.1, 0.15) is 24.8 Å². The predicted molar refractivity (Wildman–Crippen MR) is 82.6 cm³/mol. The molecule has 2 aliphatic rings. The first-order valence-electron chi connectivity index (χ1n) is 6.44. The molecule has 2 N–H and O–H groups in total. The lowest BCUT2D eigenvalue weighted by Crippen LogP contribution is -2.33. The Morgan fingerprint density at radius 1 is 1.44 bits per heavy atom. The fraction of sp³-hybridized carbons (Fsp3) is 0.500. The third kappa shape index (κ3) is 1.91. The minimum absolute atomic E-state index is 0.526. The van der Waals surface area contributed by atoms with E-state index < -0.39 is 0 Å². The van der Waals surface area contributed by atoms with Gasteiger partial charge in [0.1, 0.15) is 4.99 Å². The molecule has 1 aromatic carbocycles. The number of thiocarbonyl (C=S) groups is 1. The first kappa shape index (κ1) is 12.3. The largest absolute Gasteiger partial charge is 0.389 e. The highest BCUT2D eigenvalue weighted by atomic mass is 32.2. The van der Waals surface area contributed by atoms with Gasteiger partial charge in [-0.2, -0.15) is 0 Å². The SMILES string of the molecule is CSc1cccc(N2CC3CCC2C3)c1C(N)=S. The van der Waals surface area contributed by atoms with Crippen LogP contribution in [0.3, 0.4) is 0 Å². The highest BCUT2D eigenvalue weighted by molar-refractivity contribution is 7.98. The summed E-state index contributed by atoms with van der Waals surface area (Å²) >= 11 is 6.99. The van der Waals surface area contributed by atoms with E-state index in [0.717, 1.165) is 11.5 Å². The lowest BCUT2D eigenvalue weighted by atomic mass is 10.1. The van der Waals surface area contributed by atoms with Gasteiger partial charge in [-0.3, -0.25) is 0 Å². The number of rotatable bonds is 3. The molecule has 0 aromatic heterocycles. The van der Waals surface area contributed by atoms with Crippen molar-refractivity contribution < 1.29 is 0 Å². The van der Waals surface area contributed by atoms with Gasteiger partial charge >= 0.3 is 0 Å². The van der Waals surface area contributed by atoms with Crippen molar-refractivity contribution in [1.82, 2.24) is 0 Å². The molecule has 2 unspecified atom stereocenters. The maximum Gasteiger partial charge on any atom is 0.107 e. The van der Waals surface area contributed by atoms with Crippen LogP contribution in [-0.2, 0) is 0 Å². The van der Waals surface area contributed by atoms with E-state index in [4.69, 9.17) is 18.0 Å². The number of benzene rings is 1. The van der Waals surface area contributed by atoms with E-state index in [1.807, 2.05) is 0 Å². The first-order chi connectivity index (χ1) is 8.70. The van der Waals surface area contributed by atoms with Crippen LogP contribution in [0, 0.1) is 5.92 Å². The van der Waals surface area contributed by atoms with Crippen molar-refractivity contribution in [1.29, 1.82) is 0 Å². The average Bonchev–Trinajstić information content (AvgIpc) is 2.99. The molecule has 1 saturated carbocycles. The van der Waals surface area contributed by atoms with Crippen LogP contribution in [0.4, 0.5) is 5.69 Å². The first-order valence-corrected chi connectivity index (χ1v) is 8.07. The van der Waals surface area contributed by atoms with E-state index in [1.54, 1.807) is 11.8 Å². The van der Waals surface area contributed by atoms with Crippen molar-refractivity contribution in [3.05, 3.63) is 23.8 Å². The molecule has 1 heterocycles. The second-order valence-electron chi connectivity index (χ2n) is 5.20. The summed E-state index contributed by atoms with van der Waals surface area (Å²) in [6.07, 6.45) is 6.15. The van der Waals surface area contributed by atoms with E-state index in [-0.39, 0.29) is 0 Å². The normalized spacial score (nSPS) is 25.7. The molecule has 0 spiro atoms. The van der Waals surface area contributed by atoms with Gasteiger partial charge < -0.3 is 10.6 Å². The van der Waals surface area contributed by atoms with Gasteiger partial charge in [0.05, 0.1) is 0 Å². The van der Waals surface area contributed by atoms with Crippen molar-refractivity contribution >= 4 is 34.7 Å². The number of piperidine rings is 1. The van der Waals surface area contributed by atoms with E-state index >= 15 is 0 Å². The Morgan fingerprint density at radius 3 is 2.83 bits per heavy atom. The third-order valence-corrected chi connectivity index (χ3v) is 5.17. The second kappa shape index (κ2) is 4.74. The quantitative estimate of drug-likeness (QED) is 0.680. The van der Waals surface area contributed by atoms with E-state index in [9.17, 15) is 0 Å². The number of nitrogens with two attached hydrogens (primary N) is 1. The Kier molecular flexibility index (Phi) is 3.24. The van der Waals surface area contributed by atoms with Crippen LogP contribution >= 0.6 is 24.0 Å². The minimum atomic E-state index is 0.526. The average molecular weight is 278 g/mol. The number of fused-ring (bicyclic) bond motifs is 2. The molecule has 2 bridgehead atoms. The summed E-state index contributed by atoms with van der Waals surface area (Å²) in [7, 11) is 0. The molecule has 1 saturated heterocycles. The summed E-state index contributed by atoms with van der Waals surface area (Å²) < 4.78 is 0. The van der Waals surface area contributed by atoms with Gasteiger partial charge in [0.25, 0.3) is 0 Å². The fourth-order valence-electron chi connectivity index (χ4n) is 3.40. The summed E-state index contributed by atoms with van der Waals surface area (Å²) in [4.78, 5) is 4.25. The van der Waals surface area contributed by atoms with Crippen molar-refractivity contribution in [2.24, 2.45) is 11.7 Å². The van der Waals surface area contributed by atoms with E-state index in [2.05, 4.69) is 29.4 Å². The van der Waals surface area contributed by atoms with Gasteiger partial charge in [-0.1, -0.05) is 18.3 Å². The molecule has 4 heteroatoms. The Balaban J connectivity index is 2.03. The van der Waals surface area contributed by atoms with E-state index in [1.165, 1.54) is 36.4 Å². The van der Waals surface area contributed by atoms with Crippen molar-refractivity contribution in [2.45, 2.75) is 30.2 Å². The standard InChI is InChI=1S/C14H18N2S2/c1-18-12-4-2-3-11(13(12)14(15)17)16-8-9-5-6-10(16)7-9/h2-4,9-10H,5-8H2,1H3,(H2,15,17). The van der Waals surface area contributed by atoms with Crippen molar-refractivity contribution in [3.8, 4) is 0 Å². The van der Waals surface area contributed by atoms with Crippen LogP contribution in [0.5, 0.6) is 0 Å². The molecule has 2 fully saturated rings. The predicted octanol–water partition coefficient (Wildman–Crippen LogP) is 3.03. The van der Waals surface area contributed by atoms with Gasteiger partial charge in [-0.05, 0) is 43.6 Å². The highest BCUT2D eigenvalue weighted by Gasteiger charge is 2.38. The van der Waals surface area contributed by atoms with Gasteiger partial charge in [0, 0.05) is 28.7 Å². The molecule has 0 radical (unpaired) electrons. The van der Waals surface area contributed by atoms with Crippen LogP contribution in [0.15, 0.2) is 23.1 Å². The smallest absolute Gasteiger partial charge is 0.107 e. The molecule has 18 heavy (non-hydrogen) atoms. The molecule has 0 amide bonds. The summed E-state index contributed by atoms with van der Waals surface area (Å²) in [5.41, 5.74) is 8.28. The Hall–Kier alpha value is -0.740. The monoisotopic (exact) mass is 278 g/mol. The Labute approximate surface area is 118 Å². The molecule has 96 valence electrons. The molecule has 2 nitrogen and oxygen atoms in total. The summed E-state index contributed by atoms with van der Waals surface area (Å²) in [6.45, 7) is 1.18. The lowest BCUT2D eigenvalue weighted by Gasteiger charge is -2.31. The molecule has 1 aromatic rings. The zero-order valence-corrected chi connectivity index (χ0v) is 12.2. The number of nitrogens with zero attached hydrogens (tertiary/aromatic N) is 1. The van der Waals surface area contributed by atoms with Gasteiger partial charge in [-0.15, -0.1) is 11.8 Å². The highest BCUT2D eigenvalue weighted by Crippen LogP contribution is 2.42. The summed E-state index contributed by atoms with van der Waals surface area (Å²) in [5.74, 6) is 0.882. The maximum absolute atomic E-state index is 5.95. The van der Waals surface area contributed by atoms with Gasteiger partial charge in [-0.25, -0.2) is 0 Å². The summed E-state index contributed by atoms with van der Waals surface area (Å²) in [5, 5.41) is 0. The van der Waals surface area contributed by atoms with Crippen LogP contribution in [0.2, 0.25) is 0 Å².